The molecule has 8 nitrogen and oxygen atoms in total. The molecule has 8 heteroatoms. The number of carboxylic acid groups (broad SMARTS) is 1. The van der Waals surface area contributed by atoms with E-state index in [0.29, 0.717) is 30.6 Å². The average molecular weight is 399 g/mol. The Bertz CT molecular complexity index is 874. The fourth-order valence-corrected chi connectivity index (χ4v) is 3.57. The van der Waals surface area contributed by atoms with Gasteiger partial charge in [-0.25, -0.2) is 0 Å². The van der Waals surface area contributed by atoms with E-state index in [-0.39, 0.29) is 36.2 Å². The van der Waals surface area contributed by atoms with Gasteiger partial charge in [-0.15, -0.1) is 0 Å². The van der Waals surface area contributed by atoms with Crippen LogP contribution >= 0.6 is 0 Å². The first-order valence-electron chi connectivity index (χ1n) is 9.58. The summed E-state index contributed by atoms with van der Waals surface area (Å²) in [5.41, 5.74) is 0.888. The Morgan fingerprint density at radius 1 is 1.17 bits per heavy atom. The van der Waals surface area contributed by atoms with Crippen LogP contribution < -0.4 is 10.2 Å². The molecule has 0 saturated heterocycles. The summed E-state index contributed by atoms with van der Waals surface area (Å²) < 4.78 is 5.16. The number of hydrogen-bond acceptors (Lipinski definition) is 5. The minimum atomic E-state index is -0.850. The van der Waals surface area contributed by atoms with Crippen molar-refractivity contribution in [3.05, 3.63) is 54.0 Å². The summed E-state index contributed by atoms with van der Waals surface area (Å²) in [6.45, 7) is 2.58. The molecule has 1 aromatic carbocycles. The molecule has 0 unspecified atom stereocenters. The number of carbonyl (C=O) groups is 3. The summed E-state index contributed by atoms with van der Waals surface area (Å²) in [7, 11) is 1.60. The molecule has 1 heterocycles. The van der Waals surface area contributed by atoms with Gasteiger partial charge in [-0.3, -0.25) is 19.3 Å². The van der Waals surface area contributed by atoms with Crippen LogP contribution in [0.3, 0.4) is 0 Å². The van der Waals surface area contributed by atoms with E-state index in [9.17, 15) is 14.4 Å². The van der Waals surface area contributed by atoms with Crippen molar-refractivity contribution in [3.63, 3.8) is 0 Å². The topological polar surface area (TPSA) is 103 Å². The quantitative estimate of drug-likeness (QED) is 0.706. The molecule has 0 radical (unpaired) electrons. The molecule has 0 bridgehead atoms. The van der Waals surface area contributed by atoms with Gasteiger partial charge in [-0.1, -0.05) is 19.1 Å². The van der Waals surface area contributed by atoms with Crippen LogP contribution in [0.1, 0.15) is 40.7 Å². The Kier molecular flexibility index (Phi) is 6.33. The molecule has 2 aromatic rings. The molecule has 0 atom stereocenters. The van der Waals surface area contributed by atoms with Gasteiger partial charge in [0.05, 0.1) is 24.1 Å². The van der Waals surface area contributed by atoms with Gasteiger partial charge in [0.2, 0.25) is 0 Å². The zero-order valence-electron chi connectivity index (χ0n) is 16.5. The van der Waals surface area contributed by atoms with E-state index in [0.717, 1.165) is 0 Å². The predicted octanol–water partition coefficient (Wildman–Crippen LogP) is 2.22. The van der Waals surface area contributed by atoms with Gasteiger partial charge in [-0.2, -0.15) is 0 Å². The maximum atomic E-state index is 12.8. The molecule has 1 aliphatic rings. The maximum Gasteiger partial charge on any atom is 0.317 e. The lowest BCUT2D eigenvalue weighted by molar-refractivity contribution is -0.139. The van der Waals surface area contributed by atoms with Crippen LogP contribution in [0.25, 0.3) is 0 Å². The van der Waals surface area contributed by atoms with E-state index >= 15 is 0 Å². The first kappa shape index (κ1) is 20.6. The van der Waals surface area contributed by atoms with Crippen molar-refractivity contribution in [3.8, 4) is 0 Å². The van der Waals surface area contributed by atoms with Crippen molar-refractivity contribution in [2.24, 2.45) is 0 Å². The second kappa shape index (κ2) is 8.91. The van der Waals surface area contributed by atoms with Crippen LogP contribution in [0.15, 0.2) is 47.1 Å². The third-order valence-electron chi connectivity index (χ3n) is 5.26. The molecule has 2 N–H and O–H groups in total. The maximum absolute atomic E-state index is 12.8. The molecule has 3 rings (SSSR count). The Hall–Kier alpha value is -3.13. The Morgan fingerprint density at radius 2 is 1.90 bits per heavy atom. The molecule has 154 valence electrons. The van der Waals surface area contributed by atoms with Crippen LogP contribution in [0.4, 0.5) is 5.69 Å². The summed E-state index contributed by atoms with van der Waals surface area (Å²) in [5.74, 6) is -1.25. The standard InChI is InChI=1S/C21H25N3O5/c1-3-24(13-19(25)26)15-11-14(12-15)22-20(27)16-7-4-5-8-17(16)23(2)21(28)18-9-6-10-29-18/h4-10,14-15H,3,11-13H2,1-2H3,(H,22,27)(H,25,26). The van der Waals surface area contributed by atoms with Gasteiger partial charge in [-0.05, 0) is 43.7 Å². The number of amides is 2. The first-order valence-corrected chi connectivity index (χ1v) is 9.58. The van der Waals surface area contributed by atoms with Crippen molar-refractivity contribution in [1.82, 2.24) is 10.2 Å². The van der Waals surface area contributed by atoms with E-state index in [4.69, 9.17) is 9.52 Å². The minimum absolute atomic E-state index is 0.00432. The molecule has 1 aromatic heterocycles. The normalized spacial score (nSPS) is 18.2. The number of nitrogens with zero attached hydrogens (tertiary/aromatic N) is 2. The van der Waals surface area contributed by atoms with Gasteiger partial charge in [0.25, 0.3) is 11.8 Å². The van der Waals surface area contributed by atoms with Crippen molar-refractivity contribution in [2.75, 3.05) is 25.0 Å². The van der Waals surface area contributed by atoms with Gasteiger partial charge in [0.1, 0.15) is 0 Å². The highest BCUT2D eigenvalue weighted by molar-refractivity contribution is 6.09. The van der Waals surface area contributed by atoms with E-state index in [2.05, 4.69) is 5.32 Å². The second-order valence-corrected chi connectivity index (χ2v) is 7.11. The molecule has 1 fully saturated rings. The fourth-order valence-electron chi connectivity index (χ4n) is 3.57. The van der Waals surface area contributed by atoms with Gasteiger partial charge >= 0.3 is 5.97 Å². The van der Waals surface area contributed by atoms with Crippen LogP contribution in [-0.2, 0) is 4.79 Å². The predicted molar refractivity (Wildman–Crippen MR) is 107 cm³/mol. The third kappa shape index (κ3) is 4.65. The lowest BCUT2D eigenvalue weighted by Gasteiger charge is -2.42. The monoisotopic (exact) mass is 399 g/mol. The van der Waals surface area contributed by atoms with Crippen molar-refractivity contribution >= 4 is 23.5 Å². The number of aliphatic carboxylic acids is 1. The van der Waals surface area contributed by atoms with Gasteiger partial charge in [0, 0.05) is 19.1 Å². The molecular weight excluding hydrogens is 374 g/mol. The summed E-state index contributed by atoms with van der Waals surface area (Å²) >= 11 is 0. The molecular formula is C21H25N3O5. The highest BCUT2D eigenvalue weighted by atomic mass is 16.4. The Morgan fingerprint density at radius 3 is 2.52 bits per heavy atom. The minimum Gasteiger partial charge on any atom is -0.480 e. The van der Waals surface area contributed by atoms with Crippen molar-refractivity contribution < 1.29 is 23.9 Å². The Balaban J connectivity index is 1.64. The molecule has 0 aliphatic heterocycles. The van der Waals surface area contributed by atoms with Crippen LogP contribution in [0.5, 0.6) is 0 Å². The number of likely N-dealkylation sites (N-methyl/N-ethyl adjacent to an activating group) is 1. The van der Waals surface area contributed by atoms with E-state index < -0.39 is 5.97 Å². The van der Waals surface area contributed by atoms with Gasteiger partial charge < -0.3 is 19.7 Å². The van der Waals surface area contributed by atoms with Crippen LogP contribution in [0, 0.1) is 0 Å². The number of anilines is 1. The summed E-state index contributed by atoms with van der Waals surface area (Å²) in [6.07, 6.45) is 2.84. The SMILES string of the molecule is CCN(CC(=O)O)C1CC(NC(=O)c2ccccc2N(C)C(=O)c2ccco2)C1. The van der Waals surface area contributed by atoms with E-state index in [1.54, 1.807) is 43.4 Å². The van der Waals surface area contributed by atoms with E-state index in [1.807, 2.05) is 11.8 Å². The van der Waals surface area contributed by atoms with Crippen LogP contribution in [0.2, 0.25) is 0 Å². The van der Waals surface area contributed by atoms with Crippen molar-refractivity contribution in [1.29, 1.82) is 0 Å². The largest absolute Gasteiger partial charge is 0.480 e. The fraction of sp³-hybridized carbons (Fsp3) is 0.381. The number of para-hydroxylation sites is 1. The zero-order chi connectivity index (χ0) is 21.0. The number of nitrogens with one attached hydrogen (secondary N) is 1. The van der Waals surface area contributed by atoms with E-state index in [1.165, 1.54) is 11.2 Å². The lowest BCUT2D eigenvalue weighted by Crippen LogP contribution is -2.54. The smallest absolute Gasteiger partial charge is 0.317 e. The molecule has 29 heavy (non-hydrogen) atoms. The lowest BCUT2D eigenvalue weighted by atomic mass is 9.85. The first-order chi connectivity index (χ1) is 13.9. The summed E-state index contributed by atoms with van der Waals surface area (Å²) in [6, 6.07) is 10.2. The van der Waals surface area contributed by atoms with Crippen molar-refractivity contribution in [2.45, 2.75) is 31.8 Å². The number of rotatable bonds is 8. The number of benzene rings is 1. The summed E-state index contributed by atoms with van der Waals surface area (Å²) in [5, 5.41) is 12.0. The highest BCUT2D eigenvalue weighted by Crippen LogP contribution is 2.27. The Labute approximate surface area is 169 Å². The number of carbonyl (C=O) groups excluding carboxylic acids is 2. The average Bonchev–Trinajstić information content (AvgIpc) is 3.22. The molecule has 1 saturated carbocycles. The number of furan rings is 1. The third-order valence-corrected chi connectivity index (χ3v) is 5.26. The summed E-state index contributed by atoms with van der Waals surface area (Å²) in [4.78, 5) is 39.6. The highest BCUT2D eigenvalue weighted by Gasteiger charge is 2.35. The van der Waals surface area contributed by atoms with Gasteiger partial charge in [0.15, 0.2) is 5.76 Å². The number of hydrogen-bond donors (Lipinski definition) is 2. The zero-order valence-corrected chi connectivity index (χ0v) is 16.5. The molecule has 1 aliphatic carbocycles. The van der Waals surface area contributed by atoms with Crippen LogP contribution in [-0.4, -0.2) is 60.0 Å². The number of carboxylic acids is 1. The molecule has 0 spiro atoms. The molecule has 2 amide bonds. The second-order valence-electron chi connectivity index (χ2n) is 7.11.